The molecule has 1 fully saturated rings. The molecule has 120 valence electrons. The Kier molecular flexibility index (Phi) is 4.68. The molecule has 6 nitrogen and oxygen atoms in total. The molecule has 2 amide bonds. The van der Waals surface area contributed by atoms with Crippen LogP contribution in [0.2, 0.25) is 0 Å². The van der Waals surface area contributed by atoms with Crippen LogP contribution in [0, 0.1) is 0 Å². The summed E-state index contributed by atoms with van der Waals surface area (Å²) >= 11 is 1.51. The zero-order valence-corrected chi connectivity index (χ0v) is 13.4. The van der Waals surface area contributed by atoms with Crippen LogP contribution in [0.15, 0.2) is 30.5 Å². The Hall–Kier alpha value is -2.25. The molecule has 1 aromatic carbocycles. The molecule has 0 aliphatic carbocycles. The average molecular weight is 330 g/mol. The molecule has 0 saturated carbocycles. The summed E-state index contributed by atoms with van der Waals surface area (Å²) in [6, 6.07) is 6.34. The van der Waals surface area contributed by atoms with E-state index in [0.717, 1.165) is 25.9 Å². The number of benzene rings is 1. The number of hydrogen-bond acceptors (Lipinski definition) is 5. The smallest absolute Gasteiger partial charge is 0.257 e. The molecule has 2 aromatic rings. The van der Waals surface area contributed by atoms with Crippen LogP contribution in [-0.2, 0) is 0 Å². The molecule has 1 saturated heterocycles. The van der Waals surface area contributed by atoms with Crippen molar-refractivity contribution in [3.63, 3.8) is 0 Å². The molecule has 0 atom stereocenters. The number of amides is 2. The van der Waals surface area contributed by atoms with E-state index >= 15 is 0 Å². The van der Waals surface area contributed by atoms with Crippen LogP contribution in [0.1, 0.15) is 44.4 Å². The van der Waals surface area contributed by atoms with E-state index < -0.39 is 5.91 Å². The number of carbonyl (C=O) groups excluding carboxylic acids is 2. The van der Waals surface area contributed by atoms with Crippen molar-refractivity contribution in [1.29, 1.82) is 0 Å². The second kappa shape index (κ2) is 6.89. The van der Waals surface area contributed by atoms with Gasteiger partial charge in [0.2, 0.25) is 5.91 Å². The summed E-state index contributed by atoms with van der Waals surface area (Å²) in [5, 5.41) is 6.70. The summed E-state index contributed by atoms with van der Waals surface area (Å²) in [6.07, 6.45) is 4.03. The molecule has 0 unspecified atom stereocenters. The molecule has 0 bridgehead atoms. The van der Waals surface area contributed by atoms with Gasteiger partial charge in [-0.3, -0.25) is 14.9 Å². The topological polar surface area (TPSA) is 97.1 Å². The van der Waals surface area contributed by atoms with Crippen LogP contribution in [0.3, 0.4) is 0 Å². The lowest BCUT2D eigenvalue weighted by Gasteiger charge is -2.20. The summed E-state index contributed by atoms with van der Waals surface area (Å²) < 4.78 is 0. The first-order valence-electron chi connectivity index (χ1n) is 7.51. The highest BCUT2D eigenvalue weighted by Gasteiger charge is 2.18. The van der Waals surface area contributed by atoms with Crippen molar-refractivity contribution in [3.8, 4) is 0 Å². The van der Waals surface area contributed by atoms with Gasteiger partial charge in [-0.2, -0.15) is 0 Å². The minimum atomic E-state index is -0.554. The van der Waals surface area contributed by atoms with E-state index in [1.165, 1.54) is 22.3 Å². The molecule has 4 N–H and O–H groups in total. The highest BCUT2D eigenvalue weighted by Crippen LogP contribution is 2.31. The number of anilines is 1. The zero-order chi connectivity index (χ0) is 16.2. The van der Waals surface area contributed by atoms with Gasteiger partial charge in [-0.1, -0.05) is 6.07 Å². The van der Waals surface area contributed by atoms with E-state index in [4.69, 9.17) is 5.73 Å². The third kappa shape index (κ3) is 3.75. The second-order valence-electron chi connectivity index (χ2n) is 5.49. The number of thiazole rings is 1. The Morgan fingerprint density at radius 1 is 1.26 bits per heavy atom. The number of carbonyl (C=O) groups is 2. The largest absolute Gasteiger partial charge is 0.366 e. The zero-order valence-electron chi connectivity index (χ0n) is 12.5. The molecule has 7 heteroatoms. The van der Waals surface area contributed by atoms with Crippen LogP contribution in [-0.4, -0.2) is 29.9 Å². The van der Waals surface area contributed by atoms with Crippen molar-refractivity contribution in [3.05, 3.63) is 46.5 Å². The maximum Gasteiger partial charge on any atom is 0.257 e. The second-order valence-corrected chi connectivity index (χ2v) is 6.55. The molecule has 23 heavy (non-hydrogen) atoms. The molecule has 0 radical (unpaired) electrons. The fourth-order valence-corrected chi connectivity index (χ4v) is 3.60. The number of nitrogens with zero attached hydrogens (tertiary/aromatic N) is 1. The molecule has 1 aliphatic heterocycles. The number of aromatic nitrogens is 1. The minimum absolute atomic E-state index is 0.292. The highest BCUT2D eigenvalue weighted by molar-refractivity contribution is 7.15. The van der Waals surface area contributed by atoms with Gasteiger partial charge >= 0.3 is 0 Å². The number of hydrogen-bond donors (Lipinski definition) is 3. The molecular formula is C16H18N4O2S. The van der Waals surface area contributed by atoms with Gasteiger partial charge in [0.05, 0.1) is 0 Å². The molecule has 1 aromatic heterocycles. The Balaban J connectivity index is 1.69. The fraction of sp³-hybridized carbons (Fsp3) is 0.312. The molecule has 0 spiro atoms. The number of rotatable bonds is 4. The first-order chi connectivity index (χ1) is 11.1. The van der Waals surface area contributed by atoms with Crippen molar-refractivity contribution < 1.29 is 9.59 Å². The van der Waals surface area contributed by atoms with Gasteiger partial charge in [0, 0.05) is 22.2 Å². The lowest BCUT2D eigenvalue weighted by molar-refractivity contribution is 0.1000. The normalized spacial score (nSPS) is 15.3. The molecule has 3 rings (SSSR count). The SMILES string of the molecule is NC(=O)c1cccc(C(=O)Nc2ncc(C3CCNCC3)s2)c1. The first kappa shape index (κ1) is 15.6. The lowest BCUT2D eigenvalue weighted by Crippen LogP contribution is -2.26. The third-order valence-electron chi connectivity index (χ3n) is 3.89. The standard InChI is InChI=1S/C16H18N4O2S/c17-14(21)11-2-1-3-12(8-11)15(22)20-16-19-9-13(23-16)10-4-6-18-7-5-10/h1-3,8-10,18H,4-7H2,(H2,17,21)(H,19,20,22). The van der Waals surface area contributed by atoms with Gasteiger partial charge in [0.1, 0.15) is 0 Å². The van der Waals surface area contributed by atoms with Crippen LogP contribution in [0.4, 0.5) is 5.13 Å². The number of piperidine rings is 1. The van der Waals surface area contributed by atoms with Gasteiger partial charge in [0.15, 0.2) is 5.13 Å². The molecule has 2 heterocycles. The summed E-state index contributed by atoms with van der Waals surface area (Å²) in [4.78, 5) is 28.9. The Morgan fingerprint density at radius 2 is 2.00 bits per heavy atom. The number of nitrogens with one attached hydrogen (secondary N) is 2. The van der Waals surface area contributed by atoms with Gasteiger partial charge in [0.25, 0.3) is 5.91 Å². The molecule has 1 aliphatic rings. The summed E-state index contributed by atoms with van der Waals surface area (Å²) in [7, 11) is 0. The minimum Gasteiger partial charge on any atom is -0.366 e. The Labute approximate surface area is 138 Å². The first-order valence-corrected chi connectivity index (χ1v) is 8.33. The van der Waals surface area contributed by atoms with Crippen molar-refractivity contribution in [2.75, 3.05) is 18.4 Å². The Morgan fingerprint density at radius 3 is 2.74 bits per heavy atom. The number of primary amides is 1. The van der Waals surface area contributed by atoms with Crippen LogP contribution < -0.4 is 16.4 Å². The van der Waals surface area contributed by atoms with Crippen molar-refractivity contribution in [1.82, 2.24) is 10.3 Å². The lowest BCUT2D eigenvalue weighted by atomic mass is 9.97. The van der Waals surface area contributed by atoms with E-state index in [0.29, 0.717) is 22.2 Å². The molecular weight excluding hydrogens is 312 g/mol. The maximum atomic E-state index is 12.3. The van der Waals surface area contributed by atoms with Crippen LogP contribution in [0.5, 0.6) is 0 Å². The number of nitrogens with two attached hydrogens (primary N) is 1. The third-order valence-corrected chi connectivity index (χ3v) is 4.97. The van der Waals surface area contributed by atoms with Gasteiger partial charge < -0.3 is 11.1 Å². The van der Waals surface area contributed by atoms with Gasteiger partial charge in [-0.05, 0) is 50.0 Å². The Bertz CT molecular complexity index is 722. The average Bonchev–Trinajstić information content (AvgIpc) is 3.04. The maximum absolute atomic E-state index is 12.3. The highest BCUT2D eigenvalue weighted by atomic mass is 32.1. The van der Waals surface area contributed by atoms with Crippen molar-refractivity contribution in [2.45, 2.75) is 18.8 Å². The predicted octanol–water partition coefficient (Wildman–Crippen LogP) is 1.96. The summed E-state index contributed by atoms with van der Waals surface area (Å²) in [6.45, 7) is 2.04. The van der Waals surface area contributed by atoms with E-state index in [9.17, 15) is 9.59 Å². The van der Waals surface area contributed by atoms with Gasteiger partial charge in [-0.25, -0.2) is 4.98 Å². The van der Waals surface area contributed by atoms with Crippen molar-refractivity contribution >= 4 is 28.3 Å². The monoisotopic (exact) mass is 330 g/mol. The quantitative estimate of drug-likeness (QED) is 0.798. The summed E-state index contributed by atoms with van der Waals surface area (Å²) in [5.74, 6) is -0.334. The predicted molar refractivity (Wildman–Crippen MR) is 89.9 cm³/mol. The van der Waals surface area contributed by atoms with Crippen molar-refractivity contribution in [2.24, 2.45) is 5.73 Å². The van der Waals surface area contributed by atoms with Crippen LogP contribution >= 0.6 is 11.3 Å². The van der Waals surface area contributed by atoms with E-state index in [1.807, 2.05) is 6.20 Å². The van der Waals surface area contributed by atoms with E-state index in [-0.39, 0.29) is 5.91 Å². The van der Waals surface area contributed by atoms with E-state index in [1.54, 1.807) is 18.2 Å². The van der Waals surface area contributed by atoms with Crippen LogP contribution in [0.25, 0.3) is 0 Å². The van der Waals surface area contributed by atoms with E-state index in [2.05, 4.69) is 15.6 Å². The fourth-order valence-electron chi connectivity index (χ4n) is 2.62. The van der Waals surface area contributed by atoms with Gasteiger partial charge in [-0.15, -0.1) is 11.3 Å². The summed E-state index contributed by atoms with van der Waals surface area (Å²) in [5.41, 5.74) is 5.94.